The Balaban J connectivity index is 1.68. The van der Waals surface area contributed by atoms with E-state index in [0.717, 1.165) is 49.0 Å². The molecule has 0 saturated heterocycles. The van der Waals surface area contributed by atoms with Crippen molar-refractivity contribution in [1.29, 1.82) is 0 Å². The lowest BCUT2D eigenvalue weighted by molar-refractivity contribution is 0.0272. The molecule has 0 N–H and O–H groups in total. The van der Waals surface area contributed by atoms with E-state index in [4.69, 9.17) is 9.47 Å². The van der Waals surface area contributed by atoms with Crippen LogP contribution in [0.3, 0.4) is 0 Å². The Morgan fingerprint density at radius 2 is 1.39 bits per heavy atom. The lowest BCUT2D eigenvalue weighted by Crippen LogP contribution is -2.17. The third-order valence-electron chi connectivity index (χ3n) is 6.76. The summed E-state index contributed by atoms with van der Waals surface area (Å²) >= 11 is 0. The topological polar surface area (TPSA) is 35.5 Å². The number of carbonyl (C=O) groups excluding carboxylic acids is 1. The smallest absolute Gasteiger partial charge is 0.339 e. The van der Waals surface area contributed by atoms with Crippen LogP contribution in [0, 0.1) is 0 Å². The minimum Gasteiger partial charge on any atom is -0.459 e. The number of unbranched alkanes of at least 4 members (excludes halogenated alkanes) is 3. The summed E-state index contributed by atoms with van der Waals surface area (Å²) < 4.78 is 11.8. The molecule has 0 saturated carbocycles. The Kier molecular flexibility index (Phi) is 11.2. The van der Waals surface area contributed by atoms with Gasteiger partial charge in [0.2, 0.25) is 0 Å². The van der Waals surface area contributed by atoms with Gasteiger partial charge in [0.05, 0.1) is 11.7 Å². The van der Waals surface area contributed by atoms with E-state index in [1.54, 1.807) is 0 Å². The lowest BCUT2D eigenvalue weighted by Gasteiger charge is -2.17. The van der Waals surface area contributed by atoms with Crippen LogP contribution in [0.15, 0.2) is 72.8 Å². The van der Waals surface area contributed by atoms with E-state index >= 15 is 0 Å². The summed E-state index contributed by atoms with van der Waals surface area (Å²) in [6, 6.07) is 24.7. The molecule has 0 aliphatic rings. The highest BCUT2D eigenvalue weighted by Crippen LogP contribution is 2.29. The van der Waals surface area contributed by atoms with Crippen molar-refractivity contribution in [3.63, 3.8) is 0 Å². The Hall–Kier alpha value is -2.91. The largest absolute Gasteiger partial charge is 0.459 e. The van der Waals surface area contributed by atoms with Crippen molar-refractivity contribution in [2.75, 3.05) is 6.61 Å². The molecule has 2 unspecified atom stereocenters. The van der Waals surface area contributed by atoms with E-state index in [9.17, 15) is 4.79 Å². The standard InChI is InChI=1S/C33H42O3/c1-5-8-9-12-24-35-25(4)26-16-18-27(19-17-26)28-20-22-29(23-21-28)31-14-10-11-15-32(31)33(34)36-30(7-3)13-6-2/h10-11,14-23,25,30H,5-9,12-13,24H2,1-4H3. The number of rotatable bonds is 14. The second-order valence-electron chi connectivity index (χ2n) is 9.54. The van der Waals surface area contributed by atoms with Gasteiger partial charge in [-0.15, -0.1) is 0 Å². The minimum absolute atomic E-state index is 0.0323. The zero-order chi connectivity index (χ0) is 25.8. The van der Waals surface area contributed by atoms with Gasteiger partial charge in [-0.3, -0.25) is 0 Å². The molecule has 3 aromatic carbocycles. The second-order valence-corrected chi connectivity index (χ2v) is 9.54. The van der Waals surface area contributed by atoms with Crippen molar-refractivity contribution in [3.8, 4) is 22.3 Å². The molecule has 0 heterocycles. The SMILES string of the molecule is CCCCCCOC(C)c1ccc(-c2ccc(-c3ccccc3C(=O)OC(CC)CCC)cc2)cc1. The molecule has 36 heavy (non-hydrogen) atoms. The maximum atomic E-state index is 12.9. The van der Waals surface area contributed by atoms with Crippen molar-refractivity contribution >= 4 is 5.97 Å². The average molecular weight is 487 g/mol. The fourth-order valence-electron chi connectivity index (χ4n) is 4.47. The quantitative estimate of drug-likeness (QED) is 0.168. The molecule has 0 amide bonds. The number of hydrogen-bond acceptors (Lipinski definition) is 3. The Labute approximate surface area is 217 Å². The van der Waals surface area contributed by atoms with Gasteiger partial charge in [-0.2, -0.15) is 0 Å². The summed E-state index contributed by atoms with van der Waals surface area (Å²) in [4.78, 5) is 12.9. The normalized spacial score (nSPS) is 12.8. The summed E-state index contributed by atoms with van der Waals surface area (Å²) in [6.07, 6.45) is 7.68. The molecule has 0 aromatic heterocycles. The van der Waals surface area contributed by atoms with Gasteiger partial charge in [-0.25, -0.2) is 4.79 Å². The van der Waals surface area contributed by atoms with Crippen LogP contribution in [-0.2, 0) is 9.47 Å². The van der Waals surface area contributed by atoms with Gasteiger partial charge in [0.1, 0.15) is 6.10 Å². The summed E-state index contributed by atoms with van der Waals surface area (Å²) in [5, 5.41) is 0. The van der Waals surface area contributed by atoms with Crippen molar-refractivity contribution in [2.24, 2.45) is 0 Å². The zero-order valence-corrected chi connectivity index (χ0v) is 22.5. The molecular formula is C33H42O3. The van der Waals surface area contributed by atoms with Crippen LogP contribution in [0.1, 0.15) is 94.7 Å². The van der Waals surface area contributed by atoms with Crippen LogP contribution in [0.2, 0.25) is 0 Å². The predicted molar refractivity (Wildman–Crippen MR) is 150 cm³/mol. The first kappa shape index (κ1) is 27.7. The first-order valence-electron chi connectivity index (χ1n) is 13.7. The Bertz CT molecular complexity index is 1050. The highest BCUT2D eigenvalue weighted by Gasteiger charge is 2.18. The molecule has 0 aliphatic heterocycles. The first-order chi connectivity index (χ1) is 17.6. The average Bonchev–Trinajstić information content (AvgIpc) is 2.92. The molecule has 3 heteroatoms. The molecule has 0 bridgehead atoms. The molecule has 0 aliphatic carbocycles. The third kappa shape index (κ3) is 7.80. The monoisotopic (exact) mass is 486 g/mol. The van der Waals surface area contributed by atoms with Crippen molar-refractivity contribution < 1.29 is 14.3 Å². The van der Waals surface area contributed by atoms with Gasteiger partial charge in [0.25, 0.3) is 0 Å². The highest BCUT2D eigenvalue weighted by molar-refractivity contribution is 5.97. The van der Waals surface area contributed by atoms with Gasteiger partial charge < -0.3 is 9.47 Å². The van der Waals surface area contributed by atoms with Crippen LogP contribution in [0.4, 0.5) is 0 Å². The van der Waals surface area contributed by atoms with E-state index in [2.05, 4.69) is 76.2 Å². The highest BCUT2D eigenvalue weighted by atomic mass is 16.5. The van der Waals surface area contributed by atoms with E-state index in [-0.39, 0.29) is 18.2 Å². The molecule has 0 fully saturated rings. The predicted octanol–water partition coefficient (Wildman–Crippen LogP) is 9.41. The van der Waals surface area contributed by atoms with Crippen LogP contribution in [0.5, 0.6) is 0 Å². The van der Waals surface area contributed by atoms with Crippen molar-refractivity contribution in [1.82, 2.24) is 0 Å². The number of carbonyl (C=O) groups is 1. The fraction of sp³-hybridized carbons (Fsp3) is 0.424. The van der Waals surface area contributed by atoms with Gasteiger partial charge in [-0.05, 0) is 60.1 Å². The summed E-state index contributed by atoms with van der Waals surface area (Å²) in [5.74, 6) is -0.243. The van der Waals surface area contributed by atoms with Crippen LogP contribution in [0.25, 0.3) is 22.3 Å². The van der Waals surface area contributed by atoms with Crippen molar-refractivity contribution in [2.45, 2.75) is 84.8 Å². The molecule has 3 nitrogen and oxygen atoms in total. The van der Waals surface area contributed by atoms with Crippen LogP contribution < -0.4 is 0 Å². The second kappa shape index (κ2) is 14.6. The van der Waals surface area contributed by atoms with Gasteiger partial charge in [0, 0.05) is 6.61 Å². The number of hydrogen-bond donors (Lipinski definition) is 0. The molecule has 0 radical (unpaired) electrons. The molecule has 2 atom stereocenters. The van der Waals surface area contributed by atoms with Crippen LogP contribution in [-0.4, -0.2) is 18.7 Å². The molecule has 192 valence electrons. The van der Waals surface area contributed by atoms with E-state index in [1.165, 1.54) is 30.4 Å². The molecule has 0 spiro atoms. The maximum Gasteiger partial charge on any atom is 0.339 e. The number of esters is 1. The zero-order valence-electron chi connectivity index (χ0n) is 22.5. The van der Waals surface area contributed by atoms with Crippen LogP contribution >= 0.6 is 0 Å². The summed E-state index contributed by atoms with van der Waals surface area (Å²) in [6.45, 7) is 9.34. The minimum atomic E-state index is -0.243. The first-order valence-corrected chi connectivity index (χ1v) is 13.7. The van der Waals surface area contributed by atoms with Gasteiger partial charge in [0.15, 0.2) is 0 Å². The molecule has 3 rings (SSSR count). The van der Waals surface area contributed by atoms with Gasteiger partial charge in [-0.1, -0.05) is 113 Å². The summed E-state index contributed by atoms with van der Waals surface area (Å²) in [7, 11) is 0. The Morgan fingerprint density at radius 1 is 0.750 bits per heavy atom. The molecular weight excluding hydrogens is 444 g/mol. The van der Waals surface area contributed by atoms with Gasteiger partial charge >= 0.3 is 5.97 Å². The molecule has 3 aromatic rings. The maximum absolute atomic E-state index is 12.9. The third-order valence-corrected chi connectivity index (χ3v) is 6.76. The fourth-order valence-corrected chi connectivity index (χ4v) is 4.47. The number of ether oxygens (including phenoxy) is 2. The summed E-state index contributed by atoms with van der Waals surface area (Å²) in [5.41, 5.74) is 6.04. The number of benzene rings is 3. The van der Waals surface area contributed by atoms with E-state index < -0.39 is 0 Å². The van der Waals surface area contributed by atoms with E-state index in [1.807, 2.05) is 24.3 Å². The Morgan fingerprint density at radius 3 is 2.03 bits per heavy atom. The lowest BCUT2D eigenvalue weighted by atomic mass is 9.96. The van der Waals surface area contributed by atoms with Crippen molar-refractivity contribution in [3.05, 3.63) is 83.9 Å². The van der Waals surface area contributed by atoms with E-state index in [0.29, 0.717) is 5.56 Å².